The normalized spacial score (nSPS) is 13.3. The van der Waals surface area contributed by atoms with Crippen LogP contribution < -0.4 is 9.47 Å². The van der Waals surface area contributed by atoms with Crippen molar-refractivity contribution >= 4 is 32.3 Å². The number of hydrogen-bond donors (Lipinski definition) is 0. The Bertz CT molecular complexity index is 3330. The molecule has 0 unspecified atom stereocenters. The summed E-state index contributed by atoms with van der Waals surface area (Å²) in [5.74, 6) is 3.45. The van der Waals surface area contributed by atoms with Gasteiger partial charge in [0.05, 0.1) is 11.4 Å². The molecule has 4 heteroatoms. The van der Waals surface area contributed by atoms with Crippen LogP contribution in [-0.2, 0) is 5.41 Å². The summed E-state index contributed by atoms with van der Waals surface area (Å²) in [5.41, 5.74) is 11.1. The summed E-state index contributed by atoms with van der Waals surface area (Å²) in [6, 6.07) is 63.9. The monoisotopic (exact) mass is 756 g/mol. The maximum atomic E-state index is 7.07. The van der Waals surface area contributed by atoms with Crippen LogP contribution in [0.3, 0.4) is 0 Å². The lowest BCUT2D eigenvalue weighted by Gasteiger charge is -2.26. The Hall–Kier alpha value is -7.56. The van der Waals surface area contributed by atoms with Gasteiger partial charge in [-0.25, -0.2) is 9.97 Å². The number of nitrogens with zero attached hydrogens (tertiary/aromatic N) is 2. The Balaban J connectivity index is 1.04. The Morgan fingerprint density at radius 1 is 0.373 bits per heavy atom. The van der Waals surface area contributed by atoms with Crippen molar-refractivity contribution in [2.75, 3.05) is 0 Å². The highest BCUT2D eigenvalue weighted by Gasteiger charge is 2.40. The maximum Gasteiger partial charge on any atom is 0.178 e. The molecule has 0 saturated carbocycles. The van der Waals surface area contributed by atoms with Crippen molar-refractivity contribution in [3.8, 4) is 79.2 Å². The van der Waals surface area contributed by atoms with Crippen molar-refractivity contribution in [2.45, 2.75) is 19.3 Å². The molecule has 12 rings (SSSR count). The smallest absolute Gasteiger partial charge is 0.178 e. The van der Waals surface area contributed by atoms with Crippen molar-refractivity contribution in [1.29, 1.82) is 0 Å². The Labute approximate surface area is 342 Å². The van der Waals surface area contributed by atoms with E-state index in [2.05, 4.69) is 172 Å². The number of fused-ring (bicyclic) bond motifs is 12. The highest BCUT2D eigenvalue weighted by molar-refractivity contribution is 6.25. The molecule has 0 saturated heterocycles. The first-order valence-electron chi connectivity index (χ1n) is 20.2. The summed E-state index contributed by atoms with van der Waals surface area (Å²) in [5, 5.41) is 7.39. The standard InChI is InChI=1S/C55H36N2O2/c1-55(2)45-25-13-12-23-43(45)51-46(55)29-30-50-53(51)59-52-41(24-14-26-49(52)58-50)39-21-10-11-22-42(39)54-56-47(33-15-4-3-5-16-33)32-48(57-54)34-27-28-40-37-19-7-6-17-35(37)36-18-8-9-20-38(36)44(40)31-34/h3-32H,1-2H3. The van der Waals surface area contributed by atoms with Gasteiger partial charge in [0.25, 0.3) is 0 Å². The SMILES string of the molecule is CC1(C)c2ccccc2-c2c1ccc1c2Oc2c(cccc2-c2ccccc2-c2nc(-c3ccccc3)cc(-c3ccc4c5ccccc5c5ccccc5c4c3)n2)O1. The minimum Gasteiger partial charge on any atom is -0.449 e. The topological polar surface area (TPSA) is 44.2 Å². The molecule has 2 heterocycles. The van der Waals surface area contributed by atoms with Gasteiger partial charge in [0.15, 0.2) is 28.8 Å². The number of ether oxygens (including phenoxy) is 2. The van der Waals surface area contributed by atoms with E-state index in [1.807, 2.05) is 24.3 Å². The summed E-state index contributed by atoms with van der Waals surface area (Å²) in [6.07, 6.45) is 0. The van der Waals surface area contributed by atoms with Gasteiger partial charge in [-0.1, -0.05) is 172 Å². The minimum atomic E-state index is -0.165. The maximum absolute atomic E-state index is 7.07. The van der Waals surface area contributed by atoms with Crippen LogP contribution in [-0.4, -0.2) is 9.97 Å². The van der Waals surface area contributed by atoms with E-state index in [4.69, 9.17) is 19.4 Å². The number of hydrogen-bond acceptors (Lipinski definition) is 4. The highest BCUT2D eigenvalue weighted by atomic mass is 16.6. The van der Waals surface area contributed by atoms with Crippen molar-refractivity contribution in [1.82, 2.24) is 9.97 Å². The van der Waals surface area contributed by atoms with E-state index in [9.17, 15) is 0 Å². The fraction of sp³-hybridized carbons (Fsp3) is 0.0545. The molecule has 9 aromatic carbocycles. The van der Waals surface area contributed by atoms with Gasteiger partial charge in [-0.15, -0.1) is 0 Å². The number of benzene rings is 9. The molecule has 1 aliphatic heterocycles. The van der Waals surface area contributed by atoms with E-state index >= 15 is 0 Å². The molecule has 0 spiro atoms. The van der Waals surface area contributed by atoms with Crippen LogP contribution in [0, 0.1) is 0 Å². The summed E-state index contributed by atoms with van der Waals surface area (Å²) >= 11 is 0. The predicted octanol–water partition coefficient (Wildman–Crippen LogP) is 14.8. The van der Waals surface area contributed by atoms with Crippen molar-refractivity contribution in [3.63, 3.8) is 0 Å². The molecule has 0 fully saturated rings. The zero-order chi connectivity index (χ0) is 39.2. The molecule has 0 radical (unpaired) electrons. The summed E-state index contributed by atoms with van der Waals surface area (Å²) < 4.78 is 13.8. The zero-order valence-electron chi connectivity index (χ0n) is 32.5. The lowest BCUT2D eigenvalue weighted by atomic mass is 9.82. The van der Waals surface area contributed by atoms with Gasteiger partial charge in [-0.05, 0) is 78.8 Å². The van der Waals surface area contributed by atoms with Crippen LogP contribution in [0.4, 0.5) is 0 Å². The number of aromatic nitrogens is 2. The van der Waals surface area contributed by atoms with Gasteiger partial charge >= 0.3 is 0 Å². The quantitative estimate of drug-likeness (QED) is 0.168. The van der Waals surface area contributed by atoms with Gasteiger partial charge in [-0.3, -0.25) is 0 Å². The molecular formula is C55H36N2O2. The third kappa shape index (κ3) is 5.09. The second-order valence-electron chi connectivity index (χ2n) is 16.0. The number of rotatable bonds is 4. The molecule has 59 heavy (non-hydrogen) atoms. The molecule has 4 nitrogen and oxygen atoms in total. The van der Waals surface area contributed by atoms with E-state index < -0.39 is 0 Å². The Morgan fingerprint density at radius 3 is 1.69 bits per heavy atom. The van der Waals surface area contributed by atoms with E-state index in [0.717, 1.165) is 50.5 Å². The molecule has 0 atom stereocenters. The molecule has 0 bridgehead atoms. The average Bonchev–Trinajstić information content (AvgIpc) is 3.54. The van der Waals surface area contributed by atoms with Gasteiger partial charge < -0.3 is 9.47 Å². The molecule has 0 amide bonds. The molecule has 1 aromatic heterocycles. The third-order valence-corrected chi connectivity index (χ3v) is 12.4. The van der Waals surface area contributed by atoms with Gasteiger partial charge in [0.2, 0.25) is 0 Å². The van der Waals surface area contributed by atoms with Gasteiger partial charge in [0.1, 0.15) is 0 Å². The van der Waals surface area contributed by atoms with Crippen molar-refractivity contribution < 1.29 is 9.47 Å². The first-order valence-corrected chi connectivity index (χ1v) is 20.2. The first-order chi connectivity index (χ1) is 29.0. The van der Waals surface area contributed by atoms with Crippen molar-refractivity contribution in [2.24, 2.45) is 0 Å². The Kier molecular flexibility index (Phi) is 7.24. The fourth-order valence-corrected chi connectivity index (χ4v) is 9.51. The summed E-state index contributed by atoms with van der Waals surface area (Å²) in [7, 11) is 0. The third-order valence-electron chi connectivity index (χ3n) is 12.4. The van der Waals surface area contributed by atoms with Crippen LogP contribution in [0.25, 0.3) is 88.5 Å². The van der Waals surface area contributed by atoms with E-state index in [1.165, 1.54) is 49.0 Å². The second-order valence-corrected chi connectivity index (χ2v) is 16.0. The van der Waals surface area contributed by atoms with Gasteiger partial charge in [-0.2, -0.15) is 0 Å². The highest BCUT2D eigenvalue weighted by Crippen LogP contribution is 2.59. The molecule has 10 aromatic rings. The molecular weight excluding hydrogens is 721 g/mol. The lowest BCUT2D eigenvalue weighted by Crippen LogP contribution is -2.15. The minimum absolute atomic E-state index is 0.165. The van der Waals surface area contributed by atoms with Crippen LogP contribution in [0.15, 0.2) is 182 Å². The van der Waals surface area contributed by atoms with Crippen LogP contribution in [0.5, 0.6) is 23.0 Å². The summed E-state index contributed by atoms with van der Waals surface area (Å²) in [6.45, 7) is 4.56. The Morgan fingerprint density at radius 2 is 0.949 bits per heavy atom. The predicted molar refractivity (Wildman–Crippen MR) is 240 cm³/mol. The zero-order valence-corrected chi connectivity index (χ0v) is 32.5. The van der Waals surface area contributed by atoms with E-state index in [1.54, 1.807) is 0 Å². The van der Waals surface area contributed by atoms with Crippen LogP contribution in [0.1, 0.15) is 25.0 Å². The van der Waals surface area contributed by atoms with Crippen LogP contribution in [0.2, 0.25) is 0 Å². The summed E-state index contributed by atoms with van der Waals surface area (Å²) in [4.78, 5) is 10.7. The molecule has 2 aliphatic rings. The van der Waals surface area contributed by atoms with Gasteiger partial charge in [0, 0.05) is 33.2 Å². The fourth-order valence-electron chi connectivity index (χ4n) is 9.51. The second kappa shape index (κ2) is 12.7. The van der Waals surface area contributed by atoms with Crippen molar-refractivity contribution in [3.05, 3.63) is 193 Å². The molecule has 1 aliphatic carbocycles. The van der Waals surface area contributed by atoms with E-state index in [0.29, 0.717) is 23.1 Å². The van der Waals surface area contributed by atoms with E-state index in [-0.39, 0.29) is 5.41 Å². The van der Waals surface area contributed by atoms with Crippen LogP contribution >= 0.6 is 0 Å². The average molecular weight is 757 g/mol. The molecule has 0 N–H and O–H groups in total. The largest absolute Gasteiger partial charge is 0.449 e. The molecule has 278 valence electrons. The first kappa shape index (κ1) is 33.6. The lowest BCUT2D eigenvalue weighted by molar-refractivity contribution is 0.361. The number of para-hydroxylation sites is 1.